The number of phenolic OH excluding ortho intramolecular Hbond substituents is 1. The Hall–Kier alpha value is -1.77. The summed E-state index contributed by atoms with van der Waals surface area (Å²) in [6.45, 7) is 3.61. The van der Waals surface area contributed by atoms with E-state index in [2.05, 4.69) is 0 Å². The fraction of sp³-hybridized carbons (Fsp3) is 0.250. The van der Waals surface area contributed by atoms with Crippen molar-refractivity contribution in [2.45, 2.75) is 13.8 Å². The van der Waals surface area contributed by atoms with Crippen LogP contribution in [-0.4, -0.2) is 16.2 Å². The second-order valence-corrected chi connectivity index (χ2v) is 3.62. The summed E-state index contributed by atoms with van der Waals surface area (Å²) < 4.78 is 0. The van der Waals surface area contributed by atoms with Crippen molar-refractivity contribution in [3.63, 3.8) is 0 Å². The molecule has 0 amide bonds. The zero-order valence-corrected chi connectivity index (χ0v) is 8.77. The smallest absolute Gasteiger partial charge is 0.331 e. The van der Waals surface area contributed by atoms with Gasteiger partial charge in [0.1, 0.15) is 5.75 Å². The van der Waals surface area contributed by atoms with Gasteiger partial charge in [0, 0.05) is 11.1 Å². The molecule has 2 N–H and O–H groups in total. The summed E-state index contributed by atoms with van der Waals surface area (Å²) in [5.74, 6) is -0.938. The van der Waals surface area contributed by atoms with Gasteiger partial charge in [-0.05, 0) is 18.1 Å². The largest absolute Gasteiger partial charge is 0.507 e. The molecule has 0 aromatic heterocycles. The van der Waals surface area contributed by atoms with E-state index in [1.54, 1.807) is 32.0 Å². The molecule has 1 aromatic rings. The molecule has 80 valence electrons. The topological polar surface area (TPSA) is 57.5 Å². The number of aliphatic carboxylic acids is 1. The molecule has 15 heavy (non-hydrogen) atoms. The van der Waals surface area contributed by atoms with Crippen molar-refractivity contribution in [2.75, 3.05) is 0 Å². The van der Waals surface area contributed by atoms with Gasteiger partial charge in [0.2, 0.25) is 0 Å². The highest BCUT2D eigenvalue weighted by Gasteiger charge is 2.12. The molecule has 0 aliphatic rings. The van der Waals surface area contributed by atoms with Crippen LogP contribution in [-0.2, 0) is 4.79 Å². The summed E-state index contributed by atoms with van der Waals surface area (Å²) >= 11 is 0. The number of carbonyl (C=O) groups is 1. The van der Waals surface area contributed by atoms with E-state index in [0.29, 0.717) is 5.56 Å². The van der Waals surface area contributed by atoms with Gasteiger partial charge in [-0.3, -0.25) is 0 Å². The van der Waals surface area contributed by atoms with Crippen LogP contribution < -0.4 is 0 Å². The lowest BCUT2D eigenvalue weighted by Crippen LogP contribution is -2.06. The lowest BCUT2D eigenvalue weighted by atomic mass is 10.0. The predicted octanol–water partition coefficient (Wildman–Crippen LogP) is 2.52. The summed E-state index contributed by atoms with van der Waals surface area (Å²) in [5.41, 5.74) is 0.820. The van der Waals surface area contributed by atoms with Crippen LogP contribution in [0, 0.1) is 5.92 Å². The van der Waals surface area contributed by atoms with Crippen LogP contribution >= 0.6 is 0 Å². The normalized spacial score (nSPS) is 11.8. The molecule has 1 aromatic carbocycles. The third-order valence-corrected chi connectivity index (χ3v) is 2.12. The quantitative estimate of drug-likeness (QED) is 0.747. The monoisotopic (exact) mass is 206 g/mol. The third-order valence-electron chi connectivity index (χ3n) is 2.12. The molecule has 3 heteroatoms. The second-order valence-electron chi connectivity index (χ2n) is 3.62. The molecule has 3 nitrogen and oxygen atoms in total. The van der Waals surface area contributed by atoms with Gasteiger partial charge in [0.15, 0.2) is 0 Å². The highest BCUT2D eigenvalue weighted by atomic mass is 16.4. The van der Waals surface area contributed by atoms with E-state index in [1.165, 1.54) is 12.1 Å². The first-order chi connectivity index (χ1) is 7.02. The van der Waals surface area contributed by atoms with Crippen LogP contribution in [0.2, 0.25) is 0 Å². The van der Waals surface area contributed by atoms with Gasteiger partial charge in [0.25, 0.3) is 0 Å². The summed E-state index contributed by atoms with van der Waals surface area (Å²) in [4.78, 5) is 10.9. The molecule has 0 aliphatic heterocycles. The Bertz CT molecular complexity index is 392. The number of carboxylic acids is 1. The van der Waals surface area contributed by atoms with Gasteiger partial charge in [0.05, 0.1) is 0 Å². The maximum Gasteiger partial charge on any atom is 0.331 e. The van der Waals surface area contributed by atoms with Crippen LogP contribution in [0.4, 0.5) is 0 Å². The Morgan fingerprint density at radius 2 is 1.93 bits per heavy atom. The van der Waals surface area contributed by atoms with E-state index in [1.807, 2.05) is 0 Å². The maximum absolute atomic E-state index is 10.9. The van der Waals surface area contributed by atoms with E-state index < -0.39 is 5.97 Å². The van der Waals surface area contributed by atoms with E-state index >= 15 is 0 Å². The number of benzene rings is 1. The average Bonchev–Trinajstić information content (AvgIpc) is 2.15. The first-order valence-electron chi connectivity index (χ1n) is 4.75. The van der Waals surface area contributed by atoms with Crippen molar-refractivity contribution >= 4 is 12.0 Å². The van der Waals surface area contributed by atoms with E-state index in [9.17, 15) is 9.90 Å². The Balaban J connectivity index is 3.14. The zero-order chi connectivity index (χ0) is 11.4. The Labute approximate surface area is 88.7 Å². The Morgan fingerprint density at radius 3 is 2.40 bits per heavy atom. The molecule has 0 bridgehead atoms. The molecule has 1 rings (SSSR count). The molecule has 0 saturated carbocycles. The fourth-order valence-corrected chi connectivity index (χ4v) is 1.25. The standard InChI is InChI=1S/C12H14O3/c1-8(2)10(12(14)15)7-9-5-3-4-6-11(9)13/h3-8,13H,1-2H3,(H,14,15)/b10-7-. The van der Waals surface area contributed by atoms with E-state index in [-0.39, 0.29) is 17.2 Å². The number of carboxylic acid groups (broad SMARTS) is 1. The molecule has 0 aliphatic carbocycles. The minimum Gasteiger partial charge on any atom is -0.507 e. The van der Waals surface area contributed by atoms with Crippen molar-refractivity contribution in [1.29, 1.82) is 0 Å². The number of hydrogen-bond donors (Lipinski definition) is 2. The van der Waals surface area contributed by atoms with Gasteiger partial charge >= 0.3 is 5.97 Å². The van der Waals surface area contributed by atoms with Crippen LogP contribution in [0.25, 0.3) is 6.08 Å². The van der Waals surface area contributed by atoms with Gasteiger partial charge in [-0.2, -0.15) is 0 Å². The summed E-state index contributed by atoms with van der Waals surface area (Å²) in [7, 11) is 0. The van der Waals surface area contributed by atoms with Crippen LogP contribution in [0.3, 0.4) is 0 Å². The highest BCUT2D eigenvalue weighted by molar-refractivity contribution is 5.93. The Morgan fingerprint density at radius 1 is 1.33 bits per heavy atom. The molecule has 0 unspecified atom stereocenters. The molecule has 0 fully saturated rings. The van der Waals surface area contributed by atoms with Crippen LogP contribution in [0.1, 0.15) is 19.4 Å². The number of phenols is 1. The lowest BCUT2D eigenvalue weighted by Gasteiger charge is -2.06. The second kappa shape index (κ2) is 4.64. The number of hydrogen-bond acceptors (Lipinski definition) is 2. The maximum atomic E-state index is 10.9. The SMILES string of the molecule is CC(C)/C(=C/c1ccccc1O)C(=O)O. The molecule has 0 radical (unpaired) electrons. The minimum atomic E-state index is -0.951. The van der Waals surface area contributed by atoms with Crippen LogP contribution in [0.15, 0.2) is 29.8 Å². The number of para-hydroxylation sites is 1. The minimum absolute atomic E-state index is 0.0814. The van der Waals surface area contributed by atoms with Crippen molar-refractivity contribution in [3.05, 3.63) is 35.4 Å². The van der Waals surface area contributed by atoms with E-state index in [0.717, 1.165) is 0 Å². The molecule has 0 atom stereocenters. The summed E-state index contributed by atoms with van der Waals surface area (Å²) in [6.07, 6.45) is 1.50. The summed E-state index contributed by atoms with van der Waals surface area (Å²) in [5, 5.41) is 18.4. The first-order valence-corrected chi connectivity index (χ1v) is 4.75. The van der Waals surface area contributed by atoms with Gasteiger partial charge in [-0.15, -0.1) is 0 Å². The van der Waals surface area contributed by atoms with Crippen LogP contribution in [0.5, 0.6) is 5.75 Å². The molecular formula is C12H14O3. The average molecular weight is 206 g/mol. The number of rotatable bonds is 3. The molecule has 0 heterocycles. The van der Waals surface area contributed by atoms with Gasteiger partial charge in [-0.1, -0.05) is 32.0 Å². The van der Waals surface area contributed by atoms with Crippen molar-refractivity contribution in [1.82, 2.24) is 0 Å². The summed E-state index contributed by atoms with van der Waals surface area (Å²) in [6, 6.07) is 6.67. The number of aromatic hydroxyl groups is 1. The molecule has 0 spiro atoms. The zero-order valence-electron chi connectivity index (χ0n) is 8.77. The van der Waals surface area contributed by atoms with Crippen molar-refractivity contribution in [3.8, 4) is 5.75 Å². The van der Waals surface area contributed by atoms with E-state index in [4.69, 9.17) is 5.11 Å². The van der Waals surface area contributed by atoms with Crippen molar-refractivity contribution < 1.29 is 15.0 Å². The highest BCUT2D eigenvalue weighted by Crippen LogP contribution is 2.21. The lowest BCUT2D eigenvalue weighted by molar-refractivity contribution is -0.133. The van der Waals surface area contributed by atoms with Gasteiger partial charge in [-0.25, -0.2) is 4.79 Å². The predicted molar refractivity (Wildman–Crippen MR) is 58.6 cm³/mol. The molecular weight excluding hydrogens is 192 g/mol. The fourth-order valence-electron chi connectivity index (χ4n) is 1.25. The third kappa shape index (κ3) is 2.84. The molecule has 0 saturated heterocycles. The Kier molecular flexibility index (Phi) is 3.50. The first kappa shape index (κ1) is 11.3. The van der Waals surface area contributed by atoms with Gasteiger partial charge < -0.3 is 10.2 Å². The van der Waals surface area contributed by atoms with Crippen molar-refractivity contribution in [2.24, 2.45) is 5.92 Å².